The molecule has 0 bridgehead atoms. The monoisotopic (exact) mass is 464 g/mol. The lowest BCUT2D eigenvalue weighted by Gasteiger charge is -2.12. The number of amides is 2. The Hall–Kier alpha value is -3.97. The Morgan fingerprint density at radius 3 is 2.27 bits per heavy atom. The first kappa shape index (κ1) is 23.7. The molecule has 0 fully saturated rings. The number of carbonyl (C=O) groups excluding carboxylic acids is 2. The normalized spacial score (nSPS) is 11.3. The third kappa shape index (κ3) is 7.02. The molecule has 0 saturated carbocycles. The van der Waals surface area contributed by atoms with E-state index in [2.05, 4.69) is 15.8 Å². The van der Waals surface area contributed by atoms with Crippen molar-refractivity contribution in [1.29, 1.82) is 0 Å². The maximum atomic E-state index is 13.5. The summed E-state index contributed by atoms with van der Waals surface area (Å²) in [6, 6.07) is 19.5. The number of nitrogens with one attached hydrogen (secondary N) is 2. The minimum Gasteiger partial charge on any atom is -0.378 e. The van der Waals surface area contributed by atoms with Crippen molar-refractivity contribution in [3.05, 3.63) is 106 Å². The van der Waals surface area contributed by atoms with Gasteiger partial charge in [-0.15, -0.1) is 0 Å². The first-order valence-corrected chi connectivity index (χ1v) is 10.3. The van der Waals surface area contributed by atoms with Gasteiger partial charge in [0, 0.05) is 30.4 Å². The average molecular weight is 465 g/mol. The van der Waals surface area contributed by atoms with Crippen LogP contribution in [0.5, 0.6) is 0 Å². The van der Waals surface area contributed by atoms with E-state index in [1.165, 1.54) is 30.5 Å². The first-order valence-electron chi connectivity index (χ1n) is 9.97. The molecule has 2 N–H and O–H groups in total. The van der Waals surface area contributed by atoms with Crippen LogP contribution in [0.15, 0.2) is 83.6 Å². The maximum Gasteiger partial charge on any atom is 0.287 e. The van der Waals surface area contributed by atoms with Crippen LogP contribution < -0.4 is 15.6 Å². The number of hydrazone groups is 1. The SMILES string of the molecule is CN(C)c1ccc(C=C(NC(=O)c2cccc(F)c2)C(=O)NN=Cc2ccc(Cl)cc2)cc1. The lowest BCUT2D eigenvalue weighted by Crippen LogP contribution is -2.32. The highest BCUT2D eigenvalue weighted by Crippen LogP contribution is 2.15. The summed E-state index contributed by atoms with van der Waals surface area (Å²) in [6.07, 6.45) is 2.97. The second-order valence-corrected chi connectivity index (χ2v) is 7.70. The van der Waals surface area contributed by atoms with Gasteiger partial charge in [0.25, 0.3) is 11.8 Å². The fourth-order valence-corrected chi connectivity index (χ4v) is 2.92. The second kappa shape index (κ2) is 11.1. The van der Waals surface area contributed by atoms with Gasteiger partial charge in [-0.25, -0.2) is 9.82 Å². The summed E-state index contributed by atoms with van der Waals surface area (Å²) < 4.78 is 13.5. The average Bonchev–Trinajstić information content (AvgIpc) is 2.80. The molecule has 6 nitrogen and oxygen atoms in total. The molecule has 8 heteroatoms. The highest BCUT2D eigenvalue weighted by atomic mass is 35.5. The molecular weight excluding hydrogens is 443 g/mol. The smallest absolute Gasteiger partial charge is 0.287 e. The molecule has 0 aliphatic carbocycles. The Bertz CT molecular complexity index is 1190. The molecule has 0 heterocycles. The van der Waals surface area contributed by atoms with Gasteiger partial charge in [0.05, 0.1) is 6.21 Å². The predicted octanol–water partition coefficient (Wildman–Crippen LogP) is 4.47. The first-order chi connectivity index (χ1) is 15.8. The molecule has 0 aliphatic rings. The van der Waals surface area contributed by atoms with Crippen LogP contribution in [0.2, 0.25) is 5.02 Å². The van der Waals surface area contributed by atoms with E-state index < -0.39 is 17.6 Å². The van der Waals surface area contributed by atoms with Gasteiger partial charge in [0.1, 0.15) is 11.5 Å². The predicted molar refractivity (Wildman–Crippen MR) is 130 cm³/mol. The van der Waals surface area contributed by atoms with Crippen molar-refractivity contribution in [3.8, 4) is 0 Å². The van der Waals surface area contributed by atoms with E-state index in [4.69, 9.17) is 11.6 Å². The number of carbonyl (C=O) groups is 2. The Morgan fingerprint density at radius 1 is 0.970 bits per heavy atom. The highest BCUT2D eigenvalue weighted by molar-refractivity contribution is 6.30. The third-order valence-electron chi connectivity index (χ3n) is 4.55. The van der Waals surface area contributed by atoms with E-state index in [1.54, 1.807) is 24.3 Å². The van der Waals surface area contributed by atoms with Crippen LogP contribution in [0, 0.1) is 5.82 Å². The molecule has 2 amide bonds. The van der Waals surface area contributed by atoms with Crippen molar-refractivity contribution in [3.63, 3.8) is 0 Å². The summed E-state index contributed by atoms with van der Waals surface area (Å²) in [5.74, 6) is -1.81. The van der Waals surface area contributed by atoms with E-state index in [9.17, 15) is 14.0 Å². The minimum absolute atomic E-state index is 0.0462. The Labute approximate surface area is 196 Å². The van der Waals surface area contributed by atoms with Crippen molar-refractivity contribution in [1.82, 2.24) is 10.7 Å². The molecule has 3 rings (SSSR count). The summed E-state index contributed by atoms with van der Waals surface area (Å²) >= 11 is 5.86. The van der Waals surface area contributed by atoms with Crippen molar-refractivity contribution in [2.75, 3.05) is 19.0 Å². The summed E-state index contributed by atoms with van der Waals surface area (Å²) in [7, 11) is 3.84. The van der Waals surface area contributed by atoms with Gasteiger partial charge in [-0.2, -0.15) is 5.10 Å². The fraction of sp³-hybridized carbons (Fsp3) is 0.0800. The summed E-state index contributed by atoms with van der Waals surface area (Å²) in [5, 5.41) is 7.07. The van der Waals surface area contributed by atoms with E-state index in [0.29, 0.717) is 10.6 Å². The van der Waals surface area contributed by atoms with Crippen molar-refractivity contribution >= 4 is 41.4 Å². The Balaban J connectivity index is 1.82. The molecule has 33 heavy (non-hydrogen) atoms. The zero-order valence-corrected chi connectivity index (χ0v) is 18.8. The van der Waals surface area contributed by atoms with Gasteiger partial charge in [-0.1, -0.05) is 41.9 Å². The van der Waals surface area contributed by atoms with Gasteiger partial charge in [0.2, 0.25) is 0 Å². The van der Waals surface area contributed by atoms with Crippen LogP contribution in [0.1, 0.15) is 21.5 Å². The summed E-state index contributed by atoms with van der Waals surface area (Å²) in [6.45, 7) is 0. The molecule has 0 aliphatic heterocycles. The summed E-state index contributed by atoms with van der Waals surface area (Å²) in [5.41, 5.74) is 4.83. The van der Waals surface area contributed by atoms with Crippen LogP contribution in [0.3, 0.4) is 0 Å². The van der Waals surface area contributed by atoms with Gasteiger partial charge in [0.15, 0.2) is 0 Å². The molecule has 168 valence electrons. The van der Waals surface area contributed by atoms with Crippen molar-refractivity contribution < 1.29 is 14.0 Å². The quantitative estimate of drug-likeness (QED) is 0.308. The lowest BCUT2D eigenvalue weighted by molar-refractivity contribution is -0.117. The van der Waals surface area contributed by atoms with E-state index in [1.807, 2.05) is 43.3 Å². The zero-order valence-electron chi connectivity index (χ0n) is 18.0. The molecular formula is C25H22ClFN4O2. The number of rotatable bonds is 7. The molecule has 0 saturated heterocycles. The van der Waals surface area contributed by atoms with Crippen LogP contribution in [0.25, 0.3) is 6.08 Å². The molecule has 0 radical (unpaired) electrons. The number of hydrogen-bond acceptors (Lipinski definition) is 4. The standard InChI is InChI=1S/C25H22ClFN4O2/c1-31(2)22-12-8-17(9-13-22)14-23(29-24(32)19-4-3-5-21(27)15-19)25(33)30-28-16-18-6-10-20(26)11-7-18/h3-16H,1-2H3,(H,29,32)(H,30,33). The molecule has 0 atom stereocenters. The molecule has 0 aromatic heterocycles. The van der Waals surface area contributed by atoms with Crippen LogP contribution in [-0.4, -0.2) is 32.1 Å². The Morgan fingerprint density at radius 2 is 1.64 bits per heavy atom. The largest absolute Gasteiger partial charge is 0.378 e. The molecule has 0 unspecified atom stereocenters. The van der Waals surface area contributed by atoms with Crippen LogP contribution in [0.4, 0.5) is 10.1 Å². The number of benzene rings is 3. The fourth-order valence-electron chi connectivity index (χ4n) is 2.79. The lowest BCUT2D eigenvalue weighted by atomic mass is 10.1. The topological polar surface area (TPSA) is 73.8 Å². The Kier molecular flexibility index (Phi) is 7.94. The van der Waals surface area contributed by atoms with E-state index in [0.717, 1.165) is 17.3 Å². The van der Waals surface area contributed by atoms with Gasteiger partial charge in [-0.05, 0) is 59.7 Å². The van der Waals surface area contributed by atoms with Gasteiger partial charge in [-0.3, -0.25) is 9.59 Å². The maximum absolute atomic E-state index is 13.5. The van der Waals surface area contributed by atoms with Crippen molar-refractivity contribution in [2.24, 2.45) is 5.10 Å². The van der Waals surface area contributed by atoms with Crippen molar-refractivity contribution in [2.45, 2.75) is 0 Å². The van der Waals surface area contributed by atoms with Gasteiger partial charge < -0.3 is 10.2 Å². The number of anilines is 1. The third-order valence-corrected chi connectivity index (χ3v) is 4.80. The van der Waals surface area contributed by atoms with Crippen LogP contribution >= 0.6 is 11.6 Å². The minimum atomic E-state index is -0.637. The van der Waals surface area contributed by atoms with Gasteiger partial charge >= 0.3 is 0 Å². The molecule has 3 aromatic rings. The van der Waals surface area contributed by atoms with Crippen LogP contribution in [-0.2, 0) is 4.79 Å². The summed E-state index contributed by atoms with van der Waals surface area (Å²) in [4.78, 5) is 27.3. The highest BCUT2D eigenvalue weighted by Gasteiger charge is 2.15. The second-order valence-electron chi connectivity index (χ2n) is 7.26. The molecule has 3 aromatic carbocycles. The van der Waals surface area contributed by atoms with E-state index >= 15 is 0 Å². The van der Waals surface area contributed by atoms with E-state index in [-0.39, 0.29) is 11.3 Å². The number of hydrogen-bond donors (Lipinski definition) is 2. The molecule has 0 spiro atoms. The number of halogens is 2. The number of nitrogens with zero attached hydrogens (tertiary/aromatic N) is 2. The zero-order chi connectivity index (χ0) is 23.8.